The van der Waals surface area contributed by atoms with E-state index in [1.165, 1.54) is 0 Å². The van der Waals surface area contributed by atoms with E-state index in [9.17, 15) is 5.26 Å². The Balaban J connectivity index is 1.04. The van der Waals surface area contributed by atoms with Crippen molar-refractivity contribution in [2.24, 2.45) is 5.92 Å². The lowest BCUT2D eigenvalue weighted by Gasteiger charge is -2.16. The van der Waals surface area contributed by atoms with E-state index in [1.54, 1.807) is 0 Å². The number of rotatable bonds is 10. The predicted molar refractivity (Wildman–Crippen MR) is 278 cm³/mol. The lowest BCUT2D eigenvalue weighted by atomic mass is 9.92. The van der Waals surface area contributed by atoms with Crippen LogP contribution in [0.3, 0.4) is 0 Å². The van der Waals surface area contributed by atoms with Crippen molar-refractivity contribution in [3.05, 3.63) is 236 Å². The number of allylic oxidation sites excluding steroid dienone is 4. The van der Waals surface area contributed by atoms with Crippen LogP contribution in [0.2, 0.25) is 0 Å². The second kappa shape index (κ2) is 18.9. The zero-order valence-electron chi connectivity index (χ0n) is 37.8. The first-order chi connectivity index (χ1) is 34.0. The summed E-state index contributed by atoms with van der Waals surface area (Å²) in [7, 11) is 0. The van der Waals surface area contributed by atoms with Gasteiger partial charge in [-0.2, -0.15) is 5.26 Å². The number of nitrogens with zero attached hydrogens (tertiary/aromatic N) is 7. The van der Waals surface area contributed by atoms with Gasteiger partial charge in [0.15, 0.2) is 34.9 Å². The van der Waals surface area contributed by atoms with Gasteiger partial charge in [-0.05, 0) is 93.2 Å². The maximum Gasteiger partial charge on any atom is 0.164 e. The Kier molecular flexibility index (Phi) is 11.6. The van der Waals surface area contributed by atoms with Gasteiger partial charge in [-0.3, -0.25) is 0 Å². The molecule has 0 saturated carbocycles. The van der Waals surface area contributed by atoms with Crippen molar-refractivity contribution in [1.29, 1.82) is 5.26 Å². The van der Waals surface area contributed by atoms with E-state index in [0.29, 0.717) is 46.4 Å². The minimum absolute atomic E-state index is 0.460. The highest BCUT2D eigenvalue weighted by atomic mass is 15.0. The van der Waals surface area contributed by atoms with Crippen molar-refractivity contribution in [2.45, 2.75) is 13.3 Å². The van der Waals surface area contributed by atoms with Gasteiger partial charge in [0.1, 0.15) is 0 Å². The lowest BCUT2D eigenvalue weighted by Crippen LogP contribution is -2.05. The first-order valence-corrected chi connectivity index (χ1v) is 23.1. The first-order valence-electron chi connectivity index (χ1n) is 23.1. The number of hydrogen-bond acceptors (Lipinski definition) is 7. The largest absolute Gasteiger partial charge is 0.208 e. The van der Waals surface area contributed by atoms with Crippen LogP contribution in [-0.2, 0) is 0 Å². The van der Waals surface area contributed by atoms with Gasteiger partial charge in [0.25, 0.3) is 0 Å². The molecule has 0 spiro atoms. The van der Waals surface area contributed by atoms with Gasteiger partial charge >= 0.3 is 0 Å². The molecule has 10 aromatic rings. The molecule has 0 bridgehead atoms. The van der Waals surface area contributed by atoms with Crippen LogP contribution in [0.15, 0.2) is 224 Å². The van der Waals surface area contributed by atoms with Gasteiger partial charge in [-0.15, -0.1) is 0 Å². The van der Waals surface area contributed by atoms with Crippen molar-refractivity contribution >= 4 is 5.57 Å². The van der Waals surface area contributed by atoms with Crippen LogP contribution in [-0.4, -0.2) is 29.9 Å². The van der Waals surface area contributed by atoms with Gasteiger partial charge in [-0.1, -0.05) is 195 Å². The molecule has 1 aliphatic carbocycles. The van der Waals surface area contributed by atoms with Crippen LogP contribution < -0.4 is 0 Å². The Bertz CT molecular complexity index is 3610. The van der Waals surface area contributed by atoms with E-state index in [4.69, 9.17) is 29.9 Å². The van der Waals surface area contributed by atoms with Gasteiger partial charge in [0.2, 0.25) is 0 Å². The Labute approximate surface area is 401 Å². The number of aromatic nitrogens is 6. The fourth-order valence-electron chi connectivity index (χ4n) is 8.75. The van der Waals surface area contributed by atoms with E-state index >= 15 is 0 Å². The third kappa shape index (κ3) is 9.03. The standard InChI is InChI=1S/C62H43N7/c1-41-30-32-46(33-31-41)59-64-57(44-19-7-3-8-20-44)66-61(68-59)54-29-12-11-28-53(54)51-34-35-55(56(39-51)43-17-5-2-6-18-43)62-67-58(45-21-9-4-10-22-45)65-60(69-62)52-27-15-26-50(38-52)49-25-14-24-48(37-49)47-23-13-16-42(36-47)40-63/h2-30,32-39,41H,31H2,1H3. The average Bonchev–Trinajstić information content (AvgIpc) is 3.43. The molecule has 2 aromatic heterocycles. The van der Waals surface area contributed by atoms with Gasteiger partial charge in [0.05, 0.1) is 11.6 Å². The predicted octanol–water partition coefficient (Wildman–Crippen LogP) is 14.9. The van der Waals surface area contributed by atoms with Gasteiger partial charge in [0, 0.05) is 33.4 Å². The van der Waals surface area contributed by atoms with E-state index in [2.05, 4.69) is 128 Å². The summed E-state index contributed by atoms with van der Waals surface area (Å²) in [5.41, 5.74) is 14.1. The zero-order valence-corrected chi connectivity index (χ0v) is 37.8. The summed E-state index contributed by atoms with van der Waals surface area (Å²) in [5.74, 6) is 4.03. The number of nitriles is 1. The topological polar surface area (TPSA) is 101 Å². The second-order valence-electron chi connectivity index (χ2n) is 17.1. The maximum absolute atomic E-state index is 9.56. The molecule has 1 unspecified atom stereocenters. The molecule has 0 amide bonds. The molecule has 7 nitrogen and oxygen atoms in total. The van der Waals surface area contributed by atoms with Crippen molar-refractivity contribution < 1.29 is 0 Å². The quantitative estimate of drug-likeness (QED) is 0.135. The van der Waals surface area contributed by atoms with Crippen molar-refractivity contribution in [1.82, 2.24) is 29.9 Å². The van der Waals surface area contributed by atoms with E-state index < -0.39 is 0 Å². The Morgan fingerprint density at radius 1 is 0.362 bits per heavy atom. The summed E-state index contributed by atoms with van der Waals surface area (Å²) in [4.78, 5) is 30.9. The minimum Gasteiger partial charge on any atom is -0.208 e. The fraction of sp³-hybridized carbons (Fsp3) is 0.0484. The monoisotopic (exact) mass is 885 g/mol. The highest BCUT2D eigenvalue weighted by molar-refractivity contribution is 5.90. The second-order valence-corrected chi connectivity index (χ2v) is 17.1. The molecule has 0 radical (unpaired) electrons. The van der Waals surface area contributed by atoms with Crippen molar-refractivity contribution in [3.63, 3.8) is 0 Å². The summed E-state index contributed by atoms with van der Waals surface area (Å²) >= 11 is 0. The normalized spacial score (nSPS) is 13.1. The van der Waals surface area contributed by atoms with E-state index in [-0.39, 0.29) is 0 Å². The lowest BCUT2D eigenvalue weighted by molar-refractivity contribution is 0.738. The van der Waals surface area contributed by atoms with Crippen LogP contribution in [0.4, 0.5) is 0 Å². The van der Waals surface area contributed by atoms with Gasteiger partial charge < -0.3 is 0 Å². The molecule has 0 aliphatic heterocycles. The molecule has 1 aliphatic rings. The van der Waals surface area contributed by atoms with Gasteiger partial charge in [-0.25, -0.2) is 29.9 Å². The van der Waals surface area contributed by atoms with Crippen molar-refractivity contribution in [2.75, 3.05) is 0 Å². The highest BCUT2D eigenvalue weighted by Gasteiger charge is 2.21. The van der Waals surface area contributed by atoms with Crippen LogP contribution in [0.1, 0.15) is 24.7 Å². The molecular formula is C62H43N7. The zero-order chi connectivity index (χ0) is 46.5. The van der Waals surface area contributed by atoms with Crippen LogP contribution in [0.5, 0.6) is 0 Å². The summed E-state index contributed by atoms with van der Waals surface area (Å²) in [5, 5.41) is 9.56. The Hall–Kier alpha value is -9.25. The fourth-order valence-corrected chi connectivity index (χ4v) is 8.75. The third-order valence-electron chi connectivity index (χ3n) is 12.4. The average molecular weight is 886 g/mol. The maximum atomic E-state index is 9.56. The molecule has 0 fully saturated rings. The van der Waals surface area contributed by atoms with Crippen LogP contribution >= 0.6 is 0 Å². The molecular weight excluding hydrogens is 843 g/mol. The first kappa shape index (κ1) is 42.4. The van der Waals surface area contributed by atoms with Crippen LogP contribution in [0, 0.1) is 17.2 Å². The smallest absolute Gasteiger partial charge is 0.164 e. The SMILES string of the molecule is CC1C=CC(c2nc(-c3ccccc3)nc(-c3ccccc3-c3ccc(-c4nc(-c5ccccc5)nc(-c5cccc(-c6cccc(-c7cccc(C#N)c7)c6)c5)n4)c(-c4ccccc4)c3)n2)=CC1. The van der Waals surface area contributed by atoms with E-state index in [1.807, 2.05) is 109 Å². The van der Waals surface area contributed by atoms with Crippen molar-refractivity contribution in [3.8, 4) is 108 Å². The molecule has 1 atom stereocenters. The number of hydrogen-bond donors (Lipinski definition) is 0. The minimum atomic E-state index is 0.460. The Morgan fingerprint density at radius 2 is 0.812 bits per heavy atom. The molecule has 0 N–H and O–H groups in total. The van der Waals surface area contributed by atoms with E-state index in [0.717, 1.165) is 84.3 Å². The Morgan fingerprint density at radius 3 is 1.41 bits per heavy atom. The summed E-state index contributed by atoms with van der Waals surface area (Å²) in [6.45, 7) is 2.21. The molecule has 69 heavy (non-hydrogen) atoms. The third-order valence-corrected chi connectivity index (χ3v) is 12.4. The van der Waals surface area contributed by atoms with Crippen LogP contribution in [0.25, 0.3) is 107 Å². The molecule has 0 saturated heterocycles. The summed E-state index contributed by atoms with van der Waals surface area (Å²) in [6.07, 6.45) is 7.50. The number of benzene rings is 8. The summed E-state index contributed by atoms with van der Waals surface area (Å²) in [6, 6.07) is 72.0. The molecule has 11 rings (SSSR count). The summed E-state index contributed by atoms with van der Waals surface area (Å²) < 4.78 is 0. The highest BCUT2D eigenvalue weighted by Crippen LogP contribution is 2.39. The molecule has 7 heteroatoms. The molecule has 2 heterocycles. The molecule has 8 aromatic carbocycles. The molecule has 326 valence electrons.